The third-order valence-electron chi connectivity index (χ3n) is 3.13. The van der Waals surface area contributed by atoms with Gasteiger partial charge in [-0.1, -0.05) is 25.5 Å². The monoisotopic (exact) mass is 299 g/mol. The molecule has 6 heteroatoms. The van der Waals surface area contributed by atoms with Gasteiger partial charge in [0, 0.05) is 12.3 Å². The van der Waals surface area contributed by atoms with Crippen molar-refractivity contribution < 1.29 is 18.3 Å². The van der Waals surface area contributed by atoms with Crippen LogP contribution in [0.5, 0.6) is 0 Å². The maximum absolute atomic E-state index is 11.4. The van der Waals surface area contributed by atoms with Crippen LogP contribution in [0.3, 0.4) is 0 Å². The van der Waals surface area contributed by atoms with Crippen LogP contribution in [0.2, 0.25) is 0 Å². The van der Waals surface area contributed by atoms with Gasteiger partial charge in [0.15, 0.2) is 9.84 Å². The van der Waals surface area contributed by atoms with Crippen LogP contribution in [0, 0.1) is 0 Å². The van der Waals surface area contributed by atoms with Crippen LogP contribution in [-0.4, -0.2) is 31.8 Å². The molecule has 1 aromatic carbocycles. The Labute approximate surface area is 119 Å². The Morgan fingerprint density at radius 3 is 2.25 bits per heavy atom. The topological polar surface area (TPSA) is 83.5 Å². The van der Waals surface area contributed by atoms with Gasteiger partial charge in [0.2, 0.25) is 0 Å². The molecule has 1 aromatic rings. The summed E-state index contributed by atoms with van der Waals surface area (Å²) in [6, 6.07) is 5.75. The summed E-state index contributed by atoms with van der Waals surface area (Å²) in [4.78, 5) is 11.4. The highest BCUT2D eigenvalue weighted by atomic mass is 32.2. The lowest BCUT2D eigenvalue weighted by atomic mass is 10.1. The van der Waals surface area contributed by atoms with E-state index in [2.05, 4.69) is 5.32 Å². The van der Waals surface area contributed by atoms with Crippen molar-refractivity contribution in [2.45, 2.75) is 43.7 Å². The van der Waals surface area contributed by atoms with Crippen molar-refractivity contribution in [3.05, 3.63) is 29.8 Å². The zero-order valence-corrected chi connectivity index (χ0v) is 12.8. The third-order valence-corrected chi connectivity index (χ3v) is 4.26. The standard InChI is InChI=1S/C14H21NO4S/c1-4-5-13(14(16)17)15-10(2)11-6-8-12(9-7-11)20(3,18)19/h6-10,13,15H,4-5H2,1-3H3,(H,16,17). The fraction of sp³-hybridized carbons (Fsp3) is 0.500. The van der Waals surface area contributed by atoms with Crippen LogP contribution in [0.4, 0.5) is 0 Å². The van der Waals surface area contributed by atoms with E-state index in [1.54, 1.807) is 24.3 Å². The molecule has 0 radical (unpaired) electrons. The van der Waals surface area contributed by atoms with Gasteiger partial charge in [0.25, 0.3) is 0 Å². The molecule has 0 heterocycles. The van der Waals surface area contributed by atoms with Crippen LogP contribution in [0.25, 0.3) is 0 Å². The lowest BCUT2D eigenvalue weighted by Crippen LogP contribution is -2.38. The summed E-state index contributed by atoms with van der Waals surface area (Å²) in [5.41, 5.74) is 0.861. The van der Waals surface area contributed by atoms with E-state index in [9.17, 15) is 13.2 Å². The predicted octanol–water partition coefficient (Wildman–Crippen LogP) is 1.99. The van der Waals surface area contributed by atoms with Gasteiger partial charge in [-0.15, -0.1) is 0 Å². The molecule has 2 unspecified atom stereocenters. The van der Waals surface area contributed by atoms with Crippen molar-refractivity contribution in [2.24, 2.45) is 0 Å². The molecule has 0 aromatic heterocycles. The van der Waals surface area contributed by atoms with E-state index in [4.69, 9.17) is 5.11 Å². The van der Waals surface area contributed by atoms with Crippen LogP contribution in [0.15, 0.2) is 29.2 Å². The molecule has 0 aliphatic rings. The quantitative estimate of drug-likeness (QED) is 0.804. The van der Waals surface area contributed by atoms with E-state index < -0.39 is 21.8 Å². The molecule has 2 N–H and O–H groups in total. The normalized spacial score (nSPS) is 14.8. The summed E-state index contributed by atoms with van der Waals surface area (Å²) in [5, 5.41) is 12.2. The molecule has 0 aliphatic heterocycles. The minimum Gasteiger partial charge on any atom is -0.480 e. The average Bonchev–Trinajstić information content (AvgIpc) is 2.37. The van der Waals surface area contributed by atoms with Gasteiger partial charge >= 0.3 is 5.97 Å². The maximum Gasteiger partial charge on any atom is 0.320 e. The highest BCUT2D eigenvalue weighted by molar-refractivity contribution is 7.90. The molecule has 0 saturated heterocycles. The van der Waals surface area contributed by atoms with E-state index in [1.165, 1.54) is 0 Å². The molecule has 0 aliphatic carbocycles. The molecule has 0 spiro atoms. The Kier molecular flexibility index (Phi) is 5.71. The SMILES string of the molecule is CCCC(NC(C)c1ccc(S(C)(=O)=O)cc1)C(=O)O. The van der Waals surface area contributed by atoms with Gasteiger partial charge in [-0.3, -0.25) is 10.1 Å². The number of rotatable bonds is 7. The van der Waals surface area contributed by atoms with Crippen molar-refractivity contribution in [2.75, 3.05) is 6.26 Å². The van der Waals surface area contributed by atoms with E-state index in [0.717, 1.165) is 18.2 Å². The Morgan fingerprint density at radius 2 is 1.85 bits per heavy atom. The third kappa shape index (κ3) is 4.61. The van der Waals surface area contributed by atoms with Gasteiger partial charge in [0.1, 0.15) is 6.04 Å². The second-order valence-corrected chi connectivity index (χ2v) is 6.92. The molecular formula is C14H21NO4S. The van der Waals surface area contributed by atoms with E-state index in [0.29, 0.717) is 6.42 Å². The summed E-state index contributed by atoms with van der Waals surface area (Å²) in [6.45, 7) is 3.80. The molecule has 5 nitrogen and oxygen atoms in total. The number of nitrogens with one attached hydrogen (secondary N) is 1. The molecule has 2 atom stereocenters. The minimum atomic E-state index is -3.20. The van der Waals surface area contributed by atoms with Crippen LogP contribution in [-0.2, 0) is 14.6 Å². The highest BCUT2D eigenvalue weighted by Gasteiger charge is 2.19. The summed E-state index contributed by atoms with van der Waals surface area (Å²) in [6.07, 6.45) is 2.50. The Hall–Kier alpha value is -1.40. The number of aliphatic carboxylic acids is 1. The summed E-state index contributed by atoms with van der Waals surface area (Å²) < 4.78 is 22.7. The predicted molar refractivity (Wildman–Crippen MR) is 77.4 cm³/mol. The van der Waals surface area contributed by atoms with Crippen molar-refractivity contribution in [1.29, 1.82) is 0 Å². The lowest BCUT2D eigenvalue weighted by Gasteiger charge is -2.20. The summed E-state index contributed by atoms with van der Waals surface area (Å²) in [7, 11) is -3.20. The van der Waals surface area contributed by atoms with Crippen LogP contribution in [0.1, 0.15) is 38.3 Å². The van der Waals surface area contributed by atoms with E-state index in [1.807, 2.05) is 13.8 Å². The second-order valence-electron chi connectivity index (χ2n) is 4.91. The van der Waals surface area contributed by atoms with Gasteiger partial charge in [-0.2, -0.15) is 0 Å². The van der Waals surface area contributed by atoms with Gasteiger partial charge < -0.3 is 5.11 Å². The Morgan fingerprint density at radius 1 is 1.30 bits per heavy atom. The molecule has 20 heavy (non-hydrogen) atoms. The molecule has 112 valence electrons. The second kappa shape index (κ2) is 6.85. The summed E-state index contributed by atoms with van der Waals surface area (Å²) >= 11 is 0. The van der Waals surface area contributed by atoms with Gasteiger partial charge in [-0.05, 0) is 31.0 Å². The maximum atomic E-state index is 11.4. The van der Waals surface area contributed by atoms with E-state index in [-0.39, 0.29) is 10.9 Å². The molecular weight excluding hydrogens is 278 g/mol. The Bertz CT molecular complexity index is 551. The number of carboxylic acids is 1. The summed E-state index contributed by atoms with van der Waals surface area (Å²) in [5.74, 6) is -0.869. The Balaban J connectivity index is 2.82. The molecule has 1 rings (SSSR count). The van der Waals surface area contributed by atoms with E-state index >= 15 is 0 Å². The zero-order valence-electron chi connectivity index (χ0n) is 12.0. The molecule has 0 fully saturated rings. The van der Waals surface area contributed by atoms with Crippen molar-refractivity contribution in [1.82, 2.24) is 5.32 Å². The highest BCUT2D eigenvalue weighted by Crippen LogP contribution is 2.17. The largest absolute Gasteiger partial charge is 0.480 e. The number of carboxylic acid groups (broad SMARTS) is 1. The first-order valence-corrected chi connectivity index (χ1v) is 8.43. The fourth-order valence-corrected chi connectivity index (χ4v) is 2.60. The van der Waals surface area contributed by atoms with Crippen molar-refractivity contribution in [3.63, 3.8) is 0 Å². The van der Waals surface area contributed by atoms with Gasteiger partial charge in [-0.25, -0.2) is 8.42 Å². The average molecular weight is 299 g/mol. The molecule has 0 bridgehead atoms. The van der Waals surface area contributed by atoms with Crippen molar-refractivity contribution in [3.8, 4) is 0 Å². The first-order chi connectivity index (χ1) is 9.25. The van der Waals surface area contributed by atoms with Crippen LogP contribution < -0.4 is 5.32 Å². The first-order valence-electron chi connectivity index (χ1n) is 6.54. The number of hydrogen-bond donors (Lipinski definition) is 2. The smallest absolute Gasteiger partial charge is 0.320 e. The van der Waals surface area contributed by atoms with Crippen molar-refractivity contribution >= 4 is 15.8 Å². The lowest BCUT2D eigenvalue weighted by molar-refractivity contribution is -0.139. The zero-order chi connectivity index (χ0) is 15.3. The van der Waals surface area contributed by atoms with Gasteiger partial charge in [0.05, 0.1) is 4.90 Å². The van der Waals surface area contributed by atoms with Crippen LogP contribution >= 0.6 is 0 Å². The number of hydrogen-bond acceptors (Lipinski definition) is 4. The number of benzene rings is 1. The number of sulfone groups is 1. The number of carbonyl (C=O) groups is 1. The minimum absolute atomic E-state index is 0.156. The first kappa shape index (κ1) is 16.7. The molecule has 0 amide bonds. The fourth-order valence-electron chi connectivity index (χ4n) is 1.97. The molecule has 0 saturated carbocycles.